The molecule has 0 saturated carbocycles. The van der Waals surface area contributed by atoms with E-state index in [4.69, 9.17) is 11.6 Å². The van der Waals surface area contributed by atoms with Crippen LogP contribution in [0.25, 0.3) is 0 Å². The molecule has 0 aromatic rings. The Balaban J connectivity index is -0.000000120. The van der Waals surface area contributed by atoms with Crippen LogP contribution in [-0.4, -0.2) is 23.1 Å². The van der Waals surface area contributed by atoms with Crippen molar-refractivity contribution in [2.45, 2.75) is 6.42 Å². The van der Waals surface area contributed by atoms with Crippen LogP contribution in [0.5, 0.6) is 0 Å². The van der Waals surface area contributed by atoms with Gasteiger partial charge in [0.05, 0.1) is 0 Å². The predicted molar refractivity (Wildman–Crippen MR) is 35.7 cm³/mol. The zero-order chi connectivity index (χ0) is 4.41. The molecule has 0 unspecified atom stereocenters. The fourth-order valence-electron chi connectivity index (χ4n) is 0.421. The molecule has 1 aliphatic rings. The monoisotopic (exact) mass is 126 g/mol. The molecule has 0 radical (unpaired) electrons. The Kier molecular flexibility index (Phi) is 3.80. The third-order valence-electron chi connectivity index (χ3n) is 0.726. The van der Waals surface area contributed by atoms with E-state index in [1.807, 2.05) is 18.2 Å². The molecule has 0 aliphatic heterocycles. The first-order chi connectivity index (χ1) is 2.89. The molecule has 0 saturated heterocycles. The van der Waals surface area contributed by atoms with E-state index in [1.54, 1.807) is 0 Å². The Labute approximate surface area is 67.4 Å². The van der Waals surface area contributed by atoms with Gasteiger partial charge in [0.1, 0.15) is 0 Å². The third-order valence-corrected chi connectivity index (χ3v) is 1.01. The fraction of sp³-hybridized carbons (Fsp3) is 0.200. The Bertz CT molecular complexity index is 112. The Hall–Kier alpha value is 0.536. The molecular weight excluding hydrogens is 120 g/mol. The van der Waals surface area contributed by atoms with Gasteiger partial charge >= 0.3 is 23.1 Å². The van der Waals surface area contributed by atoms with Gasteiger partial charge < -0.3 is 2.85 Å². The minimum absolute atomic E-state index is 0. The predicted octanol–water partition coefficient (Wildman–Crippen LogP) is 1.91. The van der Waals surface area contributed by atoms with Gasteiger partial charge in [-0.1, -0.05) is 23.8 Å². The van der Waals surface area contributed by atoms with Crippen LogP contribution in [0.2, 0.25) is 0 Å². The number of rotatable bonds is 0. The SMILES string of the molecule is ClC1=CC=CC1.[H-].[H-].[Mg+2]. The van der Waals surface area contributed by atoms with Crippen molar-refractivity contribution in [3.05, 3.63) is 23.3 Å². The van der Waals surface area contributed by atoms with E-state index in [1.165, 1.54) is 0 Å². The quantitative estimate of drug-likeness (QED) is 0.436. The van der Waals surface area contributed by atoms with E-state index >= 15 is 0 Å². The molecule has 0 atom stereocenters. The van der Waals surface area contributed by atoms with E-state index in [0.29, 0.717) is 0 Å². The first-order valence-corrected chi connectivity index (χ1v) is 2.28. The number of halogens is 1. The summed E-state index contributed by atoms with van der Waals surface area (Å²) >= 11 is 5.51. The number of hydrogen-bond acceptors (Lipinski definition) is 0. The van der Waals surface area contributed by atoms with Gasteiger partial charge in [-0.25, -0.2) is 0 Å². The van der Waals surface area contributed by atoms with Crippen molar-refractivity contribution in [3.63, 3.8) is 0 Å². The normalized spacial score (nSPS) is 15.9. The van der Waals surface area contributed by atoms with Gasteiger partial charge in [0.2, 0.25) is 0 Å². The maximum absolute atomic E-state index is 5.51. The van der Waals surface area contributed by atoms with Gasteiger partial charge in [0, 0.05) is 11.5 Å². The minimum atomic E-state index is 0. The van der Waals surface area contributed by atoms with Crippen LogP contribution in [0.1, 0.15) is 9.27 Å². The summed E-state index contributed by atoms with van der Waals surface area (Å²) in [5.41, 5.74) is 0. The van der Waals surface area contributed by atoms with Crippen LogP contribution in [0.3, 0.4) is 0 Å². The van der Waals surface area contributed by atoms with Crippen molar-refractivity contribution in [1.82, 2.24) is 0 Å². The number of hydrogen-bond donors (Lipinski definition) is 0. The second-order valence-electron chi connectivity index (χ2n) is 1.25. The summed E-state index contributed by atoms with van der Waals surface area (Å²) in [6.45, 7) is 0. The summed E-state index contributed by atoms with van der Waals surface area (Å²) in [5.74, 6) is 0. The second-order valence-corrected chi connectivity index (χ2v) is 1.73. The topological polar surface area (TPSA) is 0 Å². The fourth-order valence-corrected chi connectivity index (χ4v) is 0.583. The van der Waals surface area contributed by atoms with Crippen LogP contribution in [0, 0.1) is 0 Å². The second kappa shape index (κ2) is 3.53. The van der Waals surface area contributed by atoms with Gasteiger partial charge in [-0.3, -0.25) is 0 Å². The van der Waals surface area contributed by atoms with Crippen molar-refractivity contribution in [2.24, 2.45) is 0 Å². The maximum atomic E-state index is 5.51. The van der Waals surface area contributed by atoms with Gasteiger partial charge in [0.25, 0.3) is 0 Å². The molecule has 0 nitrogen and oxygen atoms in total. The third kappa shape index (κ3) is 2.37. The van der Waals surface area contributed by atoms with E-state index in [-0.39, 0.29) is 25.9 Å². The molecule has 36 valence electrons. The average Bonchev–Trinajstić information content (AvgIpc) is 1.86. The molecule has 0 spiro atoms. The van der Waals surface area contributed by atoms with Crippen molar-refractivity contribution >= 4 is 34.7 Å². The van der Waals surface area contributed by atoms with Crippen LogP contribution >= 0.6 is 11.6 Å². The molecule has 1 aliphatic carbocycles. The molecule has 2 heteroatoms. The largest absolute Gasteiger partial charge is 2.00 e. The molecule has 1 rings (SSSR count). The standard InChI is InChI=1S/C5H5Cl.Mg.2H/c6-5-3-1-2-4-5;;;/h1-3H,4H2;;;/q;+2;2*-1. The molecule has 0 N–H and O–H groups in total. The Morgan fingerprint density at radius 2 is 2.43 bits per heavy atom. The zero-order valence-corrected chi connectivity index (χ0v) is 6.19. The van der Waals surface area contributed by atoms with Crippen LogP contribution in [-0.2, 0) is 0 Å². The van der Waals surface area contributed by atoms with Gasteiger partial charge in [-0.15, -0.1) is 0 Å². The summed E-state index contributed by atoms with van der Waals surface area (Å²) in [6.07, 6.45) is 6.83. The van der Waals surface area contributed by atoms with E-state index in [9.17, 15) is 0 Å². The molecule has 0 heterocycles. The zero-order valence-electron chi connectivity index (χ0n) is 6.02. The Morgan fingerprint density at radius 1 is 1.71 bits per heavy atom. The van der Waals surface area contributed by atoms with Crippen LogP contribution in [0.15, 0.2) is 23.3 Å². The molecule has 0 fully saturated rings. The van der Waals surface area contributed by atoms with Crippen molar-refractivity contribution in [1.29, 1.82) is 0 Å². The summed E-state index contributed by atoms with van der Waals surface area (Å²) < 4.78 is 0. The summed E-state index contributed by atoms with van der Waals surface area (Å²) in [4.78, 5) is 0. The van der Waals surface area contributed by atoms with E-state index < -0.39 is 0 Å². The first-order valence-electron chi connectivity index (χ1n) is 1.91. The molecule has 7 heavy (non-hydrogen) atoms. The van der Waals surface area contributed by atoms with Crippen molar-refractivity contribution in [3.8, 4) is 0 Å². The smallest absolute Gasteiger partial charge is 1.00 e. The molecular formula is C5H7ClMg. The van der Waals surface area contributed by atoms with E-state index in [0.717, 1.165) is 11.5 Å². The van der Waals surface area contributed by atoms with Gasteiger partial charge in [-0.2, -0.15) is 0 Å². The molecule has 0 amide bonds. The van der Waals surface area contributed by atoms with Crippen molar-refractivity contribution in [2.75, 3.05) is 0 Å². The van der Waals surface area contributed by atoms with Crippen molar-refractivity contribution < 1.29 is 2.85 Å². The summed E-state index contributed by atoms with van der Waals surface area (Å²) in [6, 6.07) is 0. The maximum Gasteiger partial charge on any atom is 2.00 e. The molecule has 0 bridgehead atoms. The number of allylic oxidation sites excluding steroid dienone is 4. The van der Waals surface area contributed by atoms with Crippen LogP contribution < -0.4 is 0 Å². The summed E-state index contributed by atoms with van der Waals surface area (Å²) in [5, 5.41) is 0.940. The van der Waals surface area contributed by atoms with Crippen LogP contribution in [0.4, 0.5) is 0 Å². The molecule has 0 aromatic heterocycles. The first kappa shape index (κ1) is 7.54. The summed E-state index contributed by atoms with van der Waals surface area (Å²) in [7, 11) is 0. The minimum Gasteiger partial charge on any atom is -1.00 e. The van der Waals surface area contributed by atoms with E-state index in [2.05, 4.69) is 0 Å². The van der Waals surface area contributed by atoms with Gasteiger partial charge in [-0.05, 0) is 6.08 Å². The van der Waals surface area contributed by atoms with Gasteiger partial charge in [0.15, 0.2) is 0 Å². The average molecular weight is 127 g/mol. The molecule has 0 aromatic carbocycles. The Morgan fingerprint density at radius 3 is 2.57 bits per heavy atom.